The Bertz CT molecular complexity index is 1080. The number of aryl methyl sites for hydroxylation is 1. The van der Waals surface area contributed by atoms with Gasteiger partial charge in [-0.3, -0.25) is 0 Å². The van der Waals surface area contributed by atoms with Crippen LogP contribution in [-0.4, -0.2) is 0 Å². The van der Waals surface area contributed by atoms with Crippen LogP contribution < -0.4 is 0 Å². The van der Waals surface area contributed by atoms with E-state index in [4.69, 9.17) is 0 Å². The van der Waals surface area contributed by atoms with E-state index in [0.717, 1.165) is 28.8 Å². The van der Waals surface area contributed by atoms with Crippen molar-refractivity contribution in [3.8, 4) is 11.1 Å². The summed E-state index contributed by atoms with van der Waals surface area (Å²) >= 11 is 0. The van der Waals surface area contributed by atoms with Gasteiger partial charge in [-0.2, -0.15) is 0 Å². The summed E-state index contributed by atoms with van der Waals surface area (Å²) in [5.74, 6) is -1.11. The Morgan fingerprint density at radius 3 is 2.00 bits per heavy atom. The van der Waals surface area contributed by atoms with E-state index in [2.05, 4.69) is 37.3 Å². The predicted molar refractivity (Wildman–Crippen MR) is 105 cm³/mol. The zero-order chi connectivity index (χ0) is 18.1. The Balaban J connectivity index is 1.80. The SMILES string of the molecule is CCCCc1ccc2c(ccc3cc(-c4cc(F)cc(F)c4)ccc32)c1. The Kier molecular flexibility index (Phi) is 4.42. The van der Waals surface area contributed by atoms with Crippen LogP contribution in [0, 0.1) is 11.6 Å². The number of benzene rings is 4. The molecule has 0 amide bonds. The largest absolute Gasteiger partial charge is 0.207 e. The summed E-state index contributed by atoms with van der Waals surface area (Å²) < 4.78 is 27.0. The molecule has 0 bridgehead atoms. The molecule has 0 aliphatic carbocycles. The monoisotopic (exact) mass is 346 g/mol. The van der Waals surface area contributed by atoms with Crippen LogP contribution in [0.2, 0.25) is 0 Å². The first-order valence-electron chi connectivity index (χ1n) is 9.06. The average Bonchev–Trinajstić information content (AvgIpc) is 2.64. The number of fused-ring (bicyclic) bond motifs is 3. The van der Waals surface area contributed by atoms with Gasteiger partial charge in [0.1, 0.15) is 11.6 Å². The lowest BCUT2D eigenvalue weighted by atomic mass is 9.96. The van der Waals surface area contributed by atoms with Crippen LogP contribution >= 0.6 is 0 Å². The molecule has 0 radical (unpaired) electrons. The second-order valence-electron chi connectivity index (χ2n) is 6.82. The molecular formula is C24H20F2. The second kappa shape index (κ2) is 6.87. The fourth-order valence-corrected chi connectivity index (χ4v) is 3.56. The van der Waals surface area contributed by atoms with Gasteiger partial charge in [-0.25, -0.2) is 8.78 Å². The Hall–Kier alpha value is -2.74. The lowest BCUT2D eigenvalue weighted by Crippen LogP contribution is -1.87. The molecule has 130 valence electrons. The Morgan fingerprint density at radius 2 is 1.31 bits per heavy atom. The zero-order valence-electron chi connectivity index (χ0n) is 14.7. The van der Waals surface area contributed by atoms with E-state index < -0.39 is 11.6 Å². The third-order valence-corrected chi connectivity index (χ3v) is 4.92. The maximum atomic E-state index is 13.5. The number of rotatable bonds is 4. The molecule has 0 fully saturated rings. The van der Waals surface area contributed by atoms with Gasteiger partial charge in [-0.1, -0.05) is 55.8 Å². The third-order valence-electron chi connectivity index (χ3n) is 4.92. The van der Waals surface area contributed by atoms with Crippen LogP contribution in [0.4, 0.5) is 8.78 Å². The first-order chi connectivity index (χ1) is 12.6. The molecule has 0 heterocycles. The number of unbranched alkanes of at least 4 members (excludes halogenated alkanes) is 1. The number of hydrogen-bond donors (Lipinski definition) is 0. The normalized spacial score (nSPS) is 11.3. The standard InChI is InChI=1S/C24H20F2/c1-2-3-4-16-5-9-23-18(11-16)6-7-19-12-17(8-10-24(19)23)20-13-21(25)15-22(26)14-20/h5-15H,2-4H2,1H3. The lowest BCUT2D eigenvalue weighted by molar-refractivity contribution is 0.584. The van der Waals surface area contributed by atoms with Crippen LogP contribution in [-0.2, 0) is 6.42 Å². The summed E-state index contributed by atoms with van der Waals surface area (Å²) in [5, 5.41) is 4.67. The summed E-state index contributed by atoms with van der Waals surface area (Å²) in [4.78, 5) is 0. The average molecular weight is 346 g/mol. The minimum absolute atomic E-state index is 0.555. The molecule has 0 N–H and O–H groups in total. The molecule has 0 saturated heterocycles. The molecule has 2 heteroatoms. The summed E-state index contributed by atoms with van der Waals surface area (Å²) in [6.45, 7) is 2.20. The zero-order valence-corrected chi connectivity index (χ0v) is 14.7. The van der Waals surface area contributed by atoms with Crippen LogP contribution in [0.15, 0.2) is 66.7 Å². The molecule has 0 aliphatic heterocycles. The van der Waals surface area contributed by atoms with E-state index in [1.54, 1.807) is 0 Å². The van der Waals surface area contributed by atoms with Gasteiger partial charge in [-0.05, 0) is 69.3 Å². The highest BCUT2D eigenvalue weighted by Crippen LogP contribution is 2.31. The van der Waals surface area contributed by atoms with Crippen LogP contribution in [0.5, 0.6) is 0 Å². The van der Waals surface area contributed by atoms with Crippen molar-refractivity contribution < 1.29 is 8.78 Å². The highest BCUT2D eigenvalue weighted by Gasteiger charge is 2.07. The van der Waals surface area contributed by atoms with Gasteiger partial charge in [0, 0.05) is 6.07 Å². The molecule has 0 aliphatic rings. The van der Waals surface area contributed by atoms with E-state index in [-0.39, 0.29) is 0 Å². The second-order valence-corrected chi connectivity index (χ2v) is 6.82. The highest BCUT2D eigenvalue weighted by molar-refractivity contribution is 6.08. The van der Waals surface area contributed by atoms with Gasteiger partial charge in [0.2, 0.25) is 0 Å². The van der Waals surface area contributed by atoms with Gasteiger partial charge in [0.15, 0.2) is 0 Å². The smallest absolute Gasteiger partial charge is 0.126 e. The van der Waals surface area contributed by atoms with E-state index in [1.165, 1.54) is 41.3 Å². The Labute approximate surface area is 152 Å². The van der Waals surface area contributed by atoms with Crippen molar-refractivity contribution >= 4 is 21.5 Å². The molecule has 4 aromatic carbocycles. The van der Waals surface area contributed by atoms with Gasteiger partial charge in [-0.15, -0.1) is 0 Å². The molecule has 0 unspecified atom stereocenters. The molecule has 0 atom stereocenters. The van der Waals surface area contributed by atoms with E-state index in [1.807, 2.05) is 18.2 Å². The molecule has 0 spiro atoms. The van der Waals surface area contributed by atoms with E-state index in [9.17, 15) is 8.78 Å². The summed E-state index contributed by atoms with van der Waals surface area (Å²) in [6.07, 6.45) is 3.50. The highest BCUT2D eigenvalue weighted by atomic mass is 19.1. The molecule has 0 nitrogen and oxygen atoms in total. The topological polar surface area (TPSA) is 0 Å². The molecule has 0 saturated carbocycles. The Morgan fingerprint density at radius 1 is 0.654 bits per heavy atom. The predicted octanol–water partition coefficient (Wildman–Crippen LogP) is 7.28. The minimum Gasteiger partial charge on any atom is -0.207 e. The van der Waals surface area contributed by atoms with Gasteiger partial charge in [0.05, 0.1) is 0 Å². The van der Waals surface area contributed by atoms with Crippen molar-refractivity contribution in [2.45, 2.75) is 26.2 Å². The molecular weight excluding hydrogens is 326 g/mol. The maximum absolute atomic E-state index is 13.5. The molecule has 0 aromatic heterocycles. The maximum Gasteiger partial charge on any atom is 0.126 e. The third kappa shape index (κ3) is 3.20. The van der Waals surface area contributed by atoms with Crippen LogP contribution in [0.3, 0.4) is 0 Å². The van der Waals surface area contributed by atoms with Gasteiger partial charge in [0.25, 0.3) is 0 Å². The number of halogens is 2. The van der Waals surface area contributed by atoms with Crippen molar-refractivity contribution in [3.63, 3.8) is 0 Å². The van der Waals surface area contributed by atoms with Gasteiger partial charge >= 0.3 is 0 Å². The fraction of sp³-hybridized carbons (Fsp3) is 0.167. The minimum atomic E-state index is -0.557. The van der Waals surface area contributed by atoms with Crippen molar-refractivity contribution in [2.75, 3.05) is 0 Å². The van der Waals surface area contributed by atoms with E-state index in [0.29, 0.717) is 5.56 Å². The molecule has 26 heavy (non-hydrogen) atoms. The van der Waals surface area contributed by atoms with Crippen LogP contribution in [0.25, 0.3) is 32.7 Å². The van der Waals surface area contributed by atoms with Crippen molar-refractivity contribution in [3.05, 3.63) is 83.9 Å². The molecule has 4 rings (SSSR count). The van der Waals surface area contributed by atoms with Crippen molar-refractivity contribution in [2.24, 2.45) is 0 Å². The van der Waals surface area contributed by atoms with Crippen LogP contribution in [0.1, 0.15) is 25.3 Å². The van der Waals surface area contributed by atoms with E-state index >= 15 is 0 Å². The number of hydrogen-bond acceptors (Lipinski definition) is 0. The van der Waals surface area contributed by atoms with Crippen molar-refractivity contribution in [1.29, 1.82) is 0 Å². The summed E-state index contributed by atoms with van der Waals surface area (Å²) in [7, 11) is 0. The first-order valence-corrected chi connectivity index (χ1v) is 9.06. The van der Waals surface area contributed by atoms with Crippen molar-refractivity contribution in [1.82, 2.24) is 0 Å². The lowest BCUT2D eigenvalue weighted by Gasteiger charge is -2.09. The van der Waals surface area contributed by atoms with Gasteiger partial charge < -0.3 is 0 Å². The quantitative estimate of drug-likeness (QED) is 0.341. The summed E-state index contributed by atoms with van der Waals surface area (Å²) in [5.41, 5.74) is 2.74. The first kappa shape index (κ1) is 16.7. The summed E-state index contributed by atoms with van der Waals surface area (Å²) in [6, 6.07) is 20.5. The molecule has 4 aromatic rings. The fourth-order valence-electron chi connectivity index (χ4n) is 3.56.